The van der Waals surface area contributed by atoms with Crippen molar-refractivity contribution < 1.29 is 4.52 Å². The fraction of sp³-hybridized carbons (Fsp3) is 0.0909. The van der Waals surface area contributed by atoms with Gasteiger partial charge in [0.25, 0.3) is 0 Å². The van der Waals surface area contributed by atoms with Crippen molar-refractivity contribution in [3.63, 3.8) is 0 Å². The Labute approximate surface area is 112 Å². The number of halogens is 1. The Kier molecular flexibility index (Phi) is 3.75. The van der Waals surface area contributed by atoms with Gasteiger partial charge in [-0.1, -0.05) is 33.3 Å². The quantitative estimate of drug-likeness (QED) is 0.850. The second-order valence-corrected chi connectivity index (χ2v) is 4.75. The molecule has 0 amide bonds. The summed E-state index contributed by atoms with van der Waals surface area (Å²) in [5.74, 6) is 0. The molecule has 0 aliphatic carbocycles. The van der Waals surface area contributed by atoms with E-state index in [1.807, 2.05) is 18.2 Å². The average molecular weight is 312 g/mol. The van der Waals surface area contributed by atoms with E-state index in [2.05, 4.69) is 26.4 Å². The van der Waals surface area contributed by atoms with Crippen LogP contribution < -0.4 is 11.1 Å². The molecule has 0 saturated heterocycles. The van der Waals surface area contributed by atoms with E-state index in [0.29, 0.717) is 11.5 Å². The van der Waals surface area contributed by atoms with Crippen molar-refractivity contribution in [1.82, 2.24) is 5.16 Å². The van der Waals surface area contributed by atoms with Crippen LogP contribution in [0.15, 0.2) is 39.5 Å². The zero-order valence-electron chi connectivity index (χ0n) is 8.81. The largest absolute Gasteiger partial charge is 0.389 e. The molecular formula is C11H10BrN3OS. The highest BCUT2D eigenvalue weighted by atomic mass is 79.9. The maximum Gasteiger partial charge on any atom is 0.124 e. The number of thiocarbonyl (C=S) groups is 1. The number of hydrogen-bond acceptors (Lipinski definition) is 4. The van der Waals surface area contributed by atoms with Gasteiger partial charge in [0.15, 0.2) is 0 Å². The smallest absolute Gasteiger partial charge is 0.124 e. The van der Waals surface area contributed by atoms with E-state index >= 15 is 0 Å². The number of aromatic nitrogens is 1. The van der Waals surface area contributed by atoms with Crippen LogP contribution in [0.2, 0.25) is 0 Å². The number of nitrogens with one attached hydrogen (secondary N) is 1. The van der Waals surface area contributed by atoms with Crippen molar-refractivity contribution >= 4 is 38.8 Å². The van der Waals surface area contributed by atoms with E-state index < -0.39 is 0 Å². The third-order valence-corrected chi connectivity index (χ3v) is 2.91. The van der Waals surface area contributed by atoms with E-state index in [1.54, 1.807) is 6.07 Å². The highest BCUT2D eigenvalue weighted by molar-refractivity contribution is 9.10. The van der Waals surface area contributed by atoms with Gasteiger partial charge in [-0.25, -0.2) is 0 Å². The molecule has 0 radical (unpaired) electrons. The molecule has 0 spiro atoms. The van der Waals surface area contributed by atoms with Crippen LogP contribution in [-0.2, 0) is 6.54 Å². The summed E-state index contributed by atoms with van der Waals surface area (Å²) in [5.41, 5.74) is 8.17. The maximum atomic E-state index is 5.67. The molecular weight excluding hydrogens is 302 g/mol. The molecule has 1 heterocycles. The third kappa shape index (κ3) is 3.04. The Hall–Kier alpha value is -1.40. The van der Waals surface area contributed by atoms with Gasteiger partial charge in [0, 0.05) is 21.8 Å². The summed E-state index contributed by atoms with van der Waals surface area (Å²) in [6.45, 7) is 0.563. The number of nitrogens with two attached hydrogens (primary N) is 1. The van der Waals surface area contributed by atoms with Gasteiger partial charge in [0.2, 0.25) is 0 Å². The van der Waals surface area contributed by atoms with Gasteiger partial charge in [0.05, 0.1) is 6.54 Å². The molecule has 0 atom stereocenters. The van der Waals surface area contributed by atoms with Crippen LogP contribution in [0, 0.1) is 0 Å². The summed E-state index contributed by atoms with van der Waals surface area (Å²) >= 11 is 8.39. The maximum absolute atomic E-state index is 5.67. The van der Waals surface area contributed by atoms with Crippen LogP contribution in [0.3, 0.4) is 0 Å². The van der Waals surface area contributed by atoms with Crippen LogP contribution >= 0.6 is 28.1 Å². The molecule has 0 bridgehead atoms. The monoisotopic (exact) mass is 311 g/mol. The number of benzene rings is 1. The van der Waals surface area contributed by atoms with E-state index in [-0.39, 0.29) is 0 Å². The summed E-state index contributed by atoms with van der Waals surface area (Å²) in [5, 5.41) is 7.03. The Morgan fingerprint density at radius 2 is 2.29 bits per heavy atom. The fourth-order valence-corrected chi connectivity index (χ4v) is 1.92. The molecule has 4 nitrogen and oxygen atoms in total. The summed E-state index contributed by atoms with van der Waals surface area (Å²) in [4.78, 5) is 0.356. The molecule has 0 aliphatic rings. The topological polar surface area (TPSA) is 64.1 Å². The average Bonchev–Trinajstić information content (AvgIpc) is 2.80. The molecule has 0 aliphatic heterocycles. The predicted octanol–water partition coefficient (Wildman–Crippen LogP) is 2.68. The van der Waals surface area contributed by atoms with Crippen molar-refractivity contribution in [3.8, 4) is 0 Å². The summed E-state index contributed by atoms with van der Waals surface area (Å²) < 4.78 is 5.69. The van der Waals surface area contributed by atoms with Gasteiger partial charge in [-0.2, -0.15) is 0 Å². The lowest BCUT2D eigenvalue weighted by molar-refractivity contribution is 0.412. The van der Waals surface area contributed by atoms with Crippen LogP contribution in [0.1, 0.15) is 11.3 Å². The SMILES string of the molecule is NC(=S)c1cc(Br)ccc1NCc1ccon1. The van der Waals surface area contributed by atoms with Gasteiger partial charge >= 0.3 is 0 Å². The molecule has 2 rings (SSSR count). The first-order valence-corrected chi connectivity index (χ1v) is 6.09. The molecule has 0 fully saturated rings. The van der Waals surface area contributed by atoms with Gasteiger partial charge in [-0.05, 0) is 18.2 Å². The van der Waals surface area contributed by atoms with Crippen molar-refractivity contribution in [2.45, 2.75) is 6.54 Å². The lowest BCUT2D eigenvalue weighted by Gasteiger charge is -2.10. The Bertz CT molecular complexity index is 528. The van der Waals surface area contributed by atoms with Gasteiger partial charge in [0.1, 0.15) is 16.9 Å². The molecule has 2 aromatic rings. The molecule has 0 saturated carbocycles. The van der Waals surface area contributed by atoms with Crippen LogP contribution in [0.25, 0.3) is 0 Å². The van der Waals surface area contributed by atoms with E-state index in [1.165, 1.54) is 6.26 Å². The minimum atomic E-state index is 0.356. The Morgan fingerprint density at radius 3 is 2.94 bits per heavy atom. The molecule has 1 aromatic carbocycles. The number of nitrogens with zero attached hydrogens (tertiary/aromatic N) is 1. The number of hydrogen-bond donors (Lipinski definition) is 2. The Balaban J connectivity index is 2.17. The molecule has 88 valence electrons. The fourth-order valence-electron chi connectivity index (χ4n) is 1.39. The van der Waals surface area contributed by atoms with Crippen molar-refractivity contribution in [1.29, 1.82) is 0 Å². The first kappa shape index (κ1) is 12.1. The van der Waals surface area contributed by atoms with Crippen LogP contribution in [-0.4, -0.2) is 10.1 Å². The molecule has 1 aromatic heterocycles. The van der Waals surface area contributed by atoms with Crippen molar-refractivity contribution in [3.05, 3.63) is 46.3 Å². The molecule has 0 unspecified atom stereocenters. The van der Waals surface area contributed by atoms with Crippen molar-refractivity contribution in [2.75, 3.05) is 5.32 Å². The standard InChI is InChI=1S/C11H10BrN3OS/c12-7-1-2-10(9(5-7)11(13)17)14-6-8-3-4-16-15-8/h1-5,14H,6H2,(H2,13,17). The highest BCUT2D eigenvalue weighted by Crippen LogP contribution is 2.21. The minimum Gasteiger partial charge on any atom is -0.389 e. The molecule has 17 heavy (non-hydrogen) atoms. The number of rotatable bonds is 4. The zero-order chi connectivity index (χ0) is 12.3. The van der Waals surface area contributed by atoms with Gasteiger partial charge in [-0.3, -0.25) is 0 Å². The summed E-state index contributed by atoms with van der Waals surface area (Å²) in [6.07, 6.45) is 1.53. The minimum absolute atomic E-state index is 0.356. The van der Waals surface area contributed by atoms with Gasteiger partial charge < -0.3 is 15.6 Å². The van der Waals surface area contributed by atoms with Crippen molar-refractivity contribution in [2.24, 2.45) is 5.73 Å². The zero-order valence-corrected chi connectivity index (χ0v) is 11.2. The normalized spacial score (nSPS) is 10.2. The molecule has 6 heteroatoms. The van der Waals surface area contributed by atoms with Gasteiger partial charge in [-0.15, -0.1) is 0 Å². The first-order chi connectivity index (χ1) is 8.16. The summed E-state index contributed by atoms with van der Waals surface area (Å²) in [6, 6.07) is 7.52. The molecule has 3 N–H and O–H groups in total. The van der Waals surface area contributed by atoms with Crippen LogP contribution in [0.5, 0.6) is 0 Å². The van der Waals surface area contributed by atoms with E-state index in [4.69, 9.17) is 22.5 Å². The highest BCUT2D eigenvalue weighted by Gasteiger charge is 2.06. The lowest BCUT2D eigenvalue weighted by atomic mass is 10.1. The predicted molar refractivity (Wildman–Crippen MR) is 73.9 cm³/mol. The number of anilines is 1. The third-order valence-electron chi connectivity index (χ3n) is 2.20. The van der Waals surface area contributed by atoms with E-state index in [0.717, 1.165) is 21.4 Å². The first-order valence-electron chi connectivity index (χ1n) is 4.89. The van der Waals surface area contributed by atoms with Crippen LogP contribution in [0.4, 0.5) is 5.69 Å². The lowest BCUT2D eigenvalue weighted by Crippen LogP contribution is -2.13. The second-order valence-electron chi connectivity index (χ2n) is 3.40. The van der Waals surface area contributed by atoms with E-state index in [9.17, 15) is 0 Å². The second kappa shape index (κ2) is 5.29. The Morgan fingerprint density at radius 1 is 1.47 bits per heavy atom. The summed E-state index contributed by atoms with van der Waals surface area (Å²) in [7, 11) is 0.